The monoisotopic (exact) mass is 278 g/mol. The molecule has 0 fully saturated rings. The standard InChI is InChI=1S/C11H12Cl2O2S/c1-9(2)8-11(12,13)16(14,15)10-6-4-3-5-7-10/h3-8H,1-2H3. The first kappa shape index (κ1) is 13.6. The summed E-state index contributed by atoms with van der Waals surface area (Å²) in [6, 6.07) is 7.91. The molecule has 0 N–H and O–H groups in total. The number of allylic oxidation sites excluding steroid dienone is 1. The Hall–Kier alpha value is -0.510. The number of halogens is 2. The quantitative estimate of drug-likeness (QED) is 0.626. The number of benzene rings is 1. The molecule has 1 rings (SSSR count). The second kappa shape index (κ2) is 4.78. The van der Waals surface area contributed by atoms with E-state index in [2.05, 4.69) is 0 Å². The fourth-order valence-electron chi connectivity index (χ4n) is 1.17. The second-order valence-corrected chi connectivity index (χ2v) is 7.56. The largest absolute Gasteiger partial charge is 0.240 e. The van der Waals surface area contributed by atoms with Gasteiger partial charge in [-0.1, -0.05) is 47.0 Å². The maximum atomic E-state index is 12.1. The molecule has 16 heavy (non-hydrogen) atoms. The van der Waals surface area contributed by atoms with Crippen LogP contribution in [0.4, 0.5) is 0 Å². The third-order valence-corrected chi connectivity index (χ3v) is 5.03. The van der Waals surface area contributed by atoms with Gasteiger partial charge in [-0.2, -0.15) is 0 Å². The zero-order valence-corrected chi connectivity index (χ0v) is 11.3. The van der Waals surface area contributed by atoms with Crippen LogP contribution in [0.5, 0.6) is 0 Å². The van der Waals surface area contributed by atoms with Gasteiger partial charge in [0.15, 0.2) is 0 Å². The molecule has 0 aliphatic carbocycles. The SMILES string of the molecule is CC(C)=CC(Cl)(Cl)S(=O)(=O)c1ccccc1. The Kier molecular flexibility index (Phi) is 4.05. The molecule has 0 aromatic heterocycles. The Morgan fingerprint density at radius 3 is 2.12 bits per heavy atom. The lowest BCUT2D eigenvalue weighted by atomic mass is 10.3. The number of sulfone groups is 1. The molecule has 0 unspecified atom stereocenters. The second-order valence-electron chi connectivity index (χ2n) is 3.60. The normalized spacial score (nSPS) is 12.2. The Morgan fingerprint density at radius 2 is 1.69 bits per heavy atom. The van der Waals surface area contributed by atoms with Gasteiger partial charge >= 0.3 is 0 Å². The Morgan fingerprint density at radius 1 is 1.19 bits per heavy atom. The highest BCUT2D eigenvalue weighted by Crippen LogP contribution is 2.35. The highest BCUT2D eigenvalue weighted by molar-refractivity contribution is 7.95. The predicted molar refractivity (Wildman–Crippen MR) is 67.5 cm³/mol. The number of rotatable bonds is 3. The third kappa shape index (κ3) is 2.78. The van der Waals surface area contributed by atoms with E-state index in [1.165, 1.54) is 18.2 Å². The van der Waals surface area contributed by atoms with E-state index in [1.807, 2.05) is 0 Å². The zero-order valence-electron chi connectivity index (χ0n) is 8.94. The summed E-state index contributed by atoms with van der Waals surface area (Å²) in [5.74, 6) is 0. The summed E-state index contributed by atoms with van der Waals surface area (Å²) in [5, 5.41) is 0. The van der Waals surface area contributed by atoms with E-state index in [0.717, 1.165) is 5.57 Å². The molecular formula is C11H12Cl2O2S. The minimum Gasteiger partial charge on any atom is -0.220 e. The van der Waals surface area contributed by atoms with Crippen molar-refractivity contribution in [2.24, 2.45) is 0 Å². The summed E-state index contributed by atoms with van der Waals surface area (Å²) in [6.07, 6.45) is 1.32. The lowest BCUT2D eigenvalue weighted by Gasteiger charge is -2.16. The van der Waals surface area contributed by atoms with Gasteiger partial charge in [-0.3, -0.25) is 0 Å². The average Bonchev–Trinajstić information content (AvgIpc) is 2.17. The third-order valence-electron chi connectivity index (χ3n) is 1.87. The van der Waals surface area contributed by atoms with E-state index in [4.69, 9.17) is 23.2 Å². The molecule has 1 aromatic rings. The van der Waals surface area contributed by atoms with Crippen LogP contribution in [0.1, 0.15) is 13.8 Å². The van der Waals surface area contributed by atoms with E-state index >= 15 is 0 Å². The van der Waals surface area contributed by atoms with Gasteiger partial charge in [-0.05, 0) is 32.1 Å². The molecule has 0 aliphatic rings. The van der Waals surface area contributed by atoms with Gasteiger partial charge in [0.1, 0.15) is 0 Å². The van der Waals surface area contributed by atoms with Crippen molar-refractivity contribution in [1.82, 2.24) is 0 Å². The molecule has 88 valence electrons. The van der Waals surface area contributed by atoms with Crippen molar-refractivity contribution >= 4 is 33.0 Å². The highest BCUT2D eigenvalue weighted by Gasteiger charge is 2.38. The molecule has 0 amide bonds. The van der Waals surface area contributed by atoms with Gasteiger partial charge in [-0.25, -0.2) is 8.42 Å². The van der Waals surface area contributed by atoms with Crippen LogP contribution in [0.25, 0.3) is 0 Å². The molecule has 2 nitrogen and oxygen atoms in total. The minimum absolute atomic E-state index is 0.109. The van der Waals surface area contributed by atoms with Crippen molar-refractivity contribution < 1.29 is 8.42 Å². The number of hydrogen-bond donors (Lipinski definition) is 0. The van der Waals surface area contributed by atoms with Gasteiger partial charge in [0.05, 0.1) is 4.90 Å². The molecule has 0 saturated carbocycles. The van der Waals surface area contributed by atoms with Crippen molar-refractivity contribution in [2.45, 2.75) is 22.4 Å². The Balaban J connectivity index is 3.28. The lowest BCUT2D eigenvalue weighted by molar-refractivity contribution is 0.593. The van der Waals surface area contributed by atoms with Gasteiger partial charge in [-0.15, -0.1) is 0 Å². The van der Waals surface area contributed by atoms with Gasteiger partial charge in [0, 0.05) is 0 Å². The van der Waals surface area contributed by atoms with Crippen LogP contribution in [-0.2, 0) is 9.84 Å². The summed E-state index contributed by atoms with van der Waals surface area (Å²) in [7, 11) is -3.78. The van der Waals surface area contributed by atoms with Crippen LogP contribution in [0.3, 0.4) is 0 Å². The van der Waals surface area contributed by atoms with Crippen molar-refractivity contribution in [1.29, 1.82) is 0 Å². The summed E-state index contributed by atoms with van der Waals surface area (Å²) >= 11 is 11.7. The van der Waals surface area contributed by atoms with Crippen LogP contribution in [0, 0.1) is 0 Å². The van der Waals surface area contributed by atoms with Crippen LogP contribution < -0.4 is 0 Å². The first-order chi connectivity index (χ1) is 7.27. The topological polar surface area (TPSA) is 34.1 Å². The summed E-state index contributed by atoms with van der Waals surface area (Å²) in [5.41, 5.74) is 0.740. The van der Waals surface area contributed by atoms with Crippen LogP contribution >= 0.6 is 23.2 Å². The first-order valence-electron chi connectivity index (χ1n) is 4.61. The minimum atomic E-state index is -3.78. The highest BCUT2D eigenvalue weighted by atomic mass is 35.5. The molecule has 0 radical (unpaired) electrons. The fourth-order valence-corrected chi connectivity index (χ4v) is 3.36. The molecular weight excluding hydrogens is 267 g/mol. The molecule has 1 aromatic carbocycles. The van der Waals surface area contributed by atoms with Gasteiger partial charge in [0.2, 0.25) is 13.5 Å². The summed E-state index contributed by atoms with van der Waals surface area (Å²) in [4.78, 5) is 0.109. The van der Waals surface area contributed by atoms with Crippen molar-refractivity contribution in [2.75, 3.05) is 0 Å². The molecule has 5 heteroatoms. The first-order valence-corrected chi connectivity index (χ1v) is 6.85. The maximum Gasteiger partial charge on any atom is 0.240 e. The zero-order chi connectivity index (χ0) is 12.4. The van der Waals surface area contributed by atoms with E-state index in [-0.39, 0.29) is 4.90 Å². The van der Waals surface area contributed by atoms with Gasteiger partial charge < -0.3 is 0 Å². The smallest absolute Gasteiger partial charge is 0.220 e. The molecule has 0 heterocycles. The van der Waals surface area contributed by atoms with Crippen LogP contribution in [0.2, 0.25) is 0 Å². The summed E-state index contributed by atoms with van der Waals surface area (Å²) in [6.45, 7) is 3.47. The lowest BCUT2D eigenvalue weighted by Crippen LogP contribution is -2.24. The van der Waals surface area contributed by atoms with Crippen LogP contribution in [-0.4, -0.2) is 12.1 Å². The van der Waals surface area contributed by atoms with E-state index in [9.17, 15) is 8.42 Å². The van der Waals surface area contributed by atoms with Crippen molar-refractivity contribution in [3.05, 3.63) is 42.0 Å². The van der Waals surface area contributed by atoms with Crippen molar-refractivity contribution in [3.63, 3.8) is 0 Å². The molecule has 0 saturated heterocycles. The number of alkyl halides is 2. The maximum absolute atomic E-state index is 12.1. The molecule has 0 spiro atoms. The predicted octanol–water partition coefficient (Wildman–Crippen LogP) is 3.56. The van der Waals surface area contributed by atoms with E-state index < -0.39 is 13.5 Å². The molecule has 0 bridgehead atoms. The van der Waals surface area contributed by atoms with Crippen LogP contribution in [0.15, 0.2) is 46.9 Å². The Bertz CT molecular complexity index is 486. The average molecular weight is 279 g/mol. The van der Waals surface area contributed by atoms with Gasteiger partial charge in [0.25, 0.3) is 0 Å². The molecule has 0 aliphatic heterocycles. The van der Waals surface area contributed by atoms with E-state index in [0.29, 0.717) is 0 Å². The van der Waals surface area contributed by atoms with E-state index in [1.54, 1.807) is 32.0 Å². The van der Waals surface area contributed by atoms with Crippen molar-refractivity contribution in [3.8, 4) is 0 Å². The Labute approximate surface area is 106 Å². The molecule has 0 atom stereocenters. The summed E-state index contributed by atoms with van der Waals surface area (Å²) < 4.78 is 22.2. The fraction of sp³-hybridized carbons (Fsp3) is 0.273. The number of hydrogen-bond acceptors (Lipinski definition) is 2.